The molecule has 0 saturated heterocycles. The summed E-state index contributed by atoms with van der Waals surface area (Å²) >= 11 is -1.83. The highest BCUT2D eigenvalue weighted by Gasteiger charge is 2.36. The lowest BCUT2D eigenvalue weighted by molar-refractivity contribution is -0.138. The summed E-state index contributed by atoms with van der Waals surface area (Å²) in [5.41, 5.74) is -2.45. The van der Waals surface area contributed by atoms with E-state index in [4.69, 9.17) is 5.14 Å². The predicted molar refractivity (Wildman–Crippen MR) is 76.4 cm³/mol. The molecule has 1 unspecified atom stereocenters. The van der Waals surface area contributed by atoms with Gasteiger partial charge in [0.25, 0.3) is 5.91 Å². The molecule has 0 saturated carbocycles. The topological polar surface area (TPSA) is 78.2 Å². The molecule has 1 amide bonds. The van der Waals surface area contributed by atoms with Gasteiger partial charge in [-0.15, -0.1) is 5.14 Å². The summed E-state index contributed by atoms with van der Waals surface area (Å²) in [6.45, 7) is 0. The van der Waals surface area contributed by atoms with Gasteiger partial charge in [-0.3, -0.25) is 4.79 Å². The minimum Gasteiger partial charge on any atom is -0.593 e. The van der Waals surface area contributed by atoms with Crippen LogP contribution in [0.4, 0.5) is 23.2 Å². The second kappa shape index (κ2) is 6.57. The number of alkyl halides is 3. The molecule has 9 heteroatoms. The Balaban J connectivity index is 2.37. The number of benzene rings is 2. The van der Waals surface area contributed by atoms with Gasteiger partial charge in [0, 0.05) is 11.8 Å². The van der Waals surface area contributed by atoms with Crippen LogP contribution in [0.2, 0.25) is 0 Å². The van der Waals surface area contributed by atoms with Crippen LogP contribution in [-0.4, -0.2) is 10.5 Å². The molecular formula is C14H10F4N2O2S. The lowest BCUT2D eigenvalue weighted by Gasteiger charge is -2.13. The zero-order chi connectivity index (χ0) is 17.2. The van der Waals surface area contributed by atoms with Crippen molar-refractivity contribution in [2.24, 2.45) is 5.14 Å². The second-order valence-electron chi connectivity index (χ2n) is 4.44. The van der Waals surface area contributed by atoms with Crippen molar-refractivity contribution >= 4 is 23.0 Å². The third-order valence-electron chi connectivity index (χ3n) is 2.87. The molecule has 0 aliphatic rings. The first-order valence-corrected chi connectivity index (χ1v) is 7.34. The summed E-state index contributed by atoms with van der Waals surface area (Å²) in [6, 6.07) is 7.63. The van der Waals surface area contributed by atoms with Crippen LogP contribution in [0.1, 0.15) is 15.9 Å². The van der Waals surface area contributed by atoms with Crippen LogP contribution in [0.5, 0.6) is 0 Å². The Morgan fingerprint density at radius 1 is 1.17 bits per heavy atom. The van der Waals surface area contributed by atoms with E-state index < -0.39 is 40.4 Å². The molecule has 0 aliphatic carbocycles. The minimum absolute atomic E-state index is 0.0441. The largest absolute Gasteiger partial charge is 0.593 e. The molecule has 122 valence electrons. The Hall–Kier alpha value is -2.10. The number of nitrogens with two attached hydrogens (primary N) is 1. The molecule has 0 radical (unpaired) electrons. The highest BCUT2D eigenvalue weighted by Crippen LogP contribution is 2.33. The molecule has 23 heavy (non-hydrogen) atoms. The minimum atomic E-state index is -4.88. The number of rotatable bonds is 3. The number of nitrogens with one attached hydrogen (secondary N) is 1. The van der Waals surface area contributed by atoms with Crippen LogP contribution < -0.4 is 10.5 Å². The van der Waals surface area contributed by atoms with Crippen LogP contribution >= 0.6 is 0 Å². The standard InChI is InChI=1S/C14H10F4N2O2S/c15-11-6-2-5-10(14(16,17)18)12(11)13(21)20-8-3-1-4-9(7-8)23(19)22/h1-7H,19H2,(H,20,21). The molecule has 0 bridgehead atoms. The zero-order valence-corrected chi connectivity index (χ0v) is 12.2. The summed E-state index contributed by atoms with van der Waals surface area (Å²) in [7, 11) is 0. The Labute approximate surface area is 131 Å². The molecule has 0 spiro atoms. The number of anilines is 1. The third-order valence-corrected chi connectivity index (χ3v) is 3.59. The van der Waals surface area contributed by atoms with Crippen molar-refractivity contribution in [3.05, 3.63) is 59.4 Å². The molecule has 0 fully saturated rings. The van der Waals surface area contributed by atoms with Gasteiger partial charge in [-0.2, -0.15) is 13.2 Å². The van der Waals surface area contributed by atoms with Crippen LogP contribution in [-0.2, 0) is 17.5 Å². The van der Waals surface area contributed by atoms with Gasteiger partial charge in [-0.1, -0.05) is 12.1 Å². The SMILES string of the molecule is N[S+]([O-])c1cccc(NC(=O)c2c(F)cccc2C(F)(F)F)c1. The van der Waals surface area contributed by atoms with Gasteiger partial charge >= 0.3 is 6.18 Å². The van der Waals surface area contributed by atoms with E-state index in [1.807, 2.05) is 0 Å². The third kappa shape index (κ3) is 4.01. The van der Waals surface area contributed by atoms with E-state index in [1.165, 1.54) is 24.3 Å². The maximum Gasteiger partial charge on any atom is 0.417 e. The van der Waals surface area contributed by atoms with Gasteiger partial charge in [-0.05, 0) is 24.3 Å². The number of hydrogen-bond acceptors (Lipinski definition) is 3. The Morgan fingerprint density at radius 3 is 2.43 bits per heavy atom. The number of carbonyl (C=O) groups is 1. The fourth-order valence-corrected chi connectivity index (χ4v) is 2.34. The zero-order valence-electron chi connectivity index (χ0n) is 11.4. The van der Waals surface area contributed by atoms with Crippen molar-refractivity contribution in [1.29, 1.82) is 0 Å². The normalized spacial score (nSPS) is 12.8. The van der Waals surface area contributed by atoms with Crippen molar-refractivity contribution in [2.75, 3.05) is 5.32 Å². The highest BCUT2D eigenvalue weighted by molar-refractivity contribution is 7.89. The summed E-state index contributed by atoms with van der Waals surface area (Å²) in [5.74, 6) is -2.56. The predicted octanol–water partition coefficient (Wildman–Crippen LogP) is 3.08. The van der Waals surface area contributed by atoms with Crippen molar-refractivity contribution < 1.29 is 26.9 Å². The first kappa shape index (κ1) is 17.3. The molecule has 2 rings (SSSR count). The van der Waals surface area contributed by atoms with E-state index in [0.717, 1.165) is 12.1 Å². The first-order valence-electron chi connectivity index (χ1n) is 6.13. The number of carbonyl (C=O) groups excluding carboxylic acids is 1. The lowest BCUT2D eigenvalue weighted by Crippen LogP contribution is -2.21. The molecule has 2 aromatic rings. The van der Waals surface area contributed by atoms with Crippen LogP contribution in [0.25, 0.3) is 0 Å². The summed E-state index contributed by atoms with van der Waals surface area (Å²) < 4.78 is 63.6. The van der Waals surface area contributed by atoms with E-state index in [0.29, 0.717) is 6.07 Å². The smallest absolute Gasteiger partial charge is 0.417 e. The van der Waals surface area contributed by atoms with E-state index in [2.05, 4.69) is 5.32 Å². The van der Waals surface area contributed by atoms with Gasteiger partial charge in [0.05, 0.1) is 22.5 Å². The molecule has 3 N–H and O–H groups in total. The van der Waals surface area contributed by atoms with Crippen molar-refractivity contribution in [2.45, 2.75) is 11.1 Å². The maximum atomic E-state index is 13.7. The van der Waals surface area contributed by atoms with Gasteiger partial charge in [-0.25, -0.2) is 4.39 Å². The van der Waals surface area contributed by atoms with E-state index in [9.17, 15) is 26.9 Å². The quantitative estimate of drug-likeness (QED) is 0.662. The molecule has 1 atom stereocenters. The van der Waals surface area contributed by atoms with Gasteiger partial charge < -0.3 is 9.87 Å². The summed E-state index contributed by atoms with van der Waals surface area (Å²) in [5, 5.41) is 7.32. The highest BCUT2D eigenvalue weighted by atomic mass is 32.2. The summed E-state index contributed by atoms with van der Waals surface area (Å²) in [4.78, 5) is 12.2. The van der Waals surface area contributed by atoms with Gasteiger partial charge in [0.2, 0.25) is 0 Å². The van der Waals surface area contributed by atoms with Crippen LogP contribution in [0.15, 0.2) is 47.4 Å². The van der Waals surface area contributed by atoms with Gasteiger partial charge in [0.1, 0.15) is 5.82 Å². The molecule has 0 aromatic heterocycles. The number of hydrogen-bond donors (Lipinski definition) is 2. The number of amides is 1. The molecule has 0 heterocycles. The lowest BCUT2D eigenvalue weighted by atomic mass is 10.1. The molecule has 0 aliphatic heterocycles. The fraction of sp³-hybridized carbons (Fsp3) is 0.0714. The van der Waals surface area contributed by atoms with Crippen LogP contribution in [0, 0.1) is 5.82 Å². The Kier molecular flexibility index (Phi) is 4.93. The van der Waals surface area contributed by atoms with E-state index in [-0.39, 0.29) is 10.6 Å². The average Bonchev–Trinajstić information content (AvgIpc) is 2.46. The molecule has 2 aromatic carbocycles. The second-order valence-corrected chi connectivity index (χ2v) is 5.51. The van der Waals surface area contributed by atoms with Crippen molar-refractivity contribution in [1.82, 2.24) is 0 Å². The van der Waals surface area contributed by atoms with E-state index in [1.54, 1.807) is 0 Å². The van der Waals surface area contributed by atoms with Crippen LogP contribution in [0.3, 0.4) is 0 Å². The average molecular weight is 346 g/mol. The molecular weight excluding hydrogens is 336 g/mol. The van der Waals surface area contributed by atoms with Crippen molar-refractivity contribution in [3.63, 3.8) is 0 Å². The molecule has 4 nitrogen and oxygen atoms in total. The number of halogens is 4. The summed E-state index contributed by atoms with van der Waals surface area (Å²) in [6.07, 6.45) is -4.88. The Bertz CT molecular complexity index is 735. The maximum absolute atomic E-state index is 13.7. The Morgan fingerprint density at radius 2 is 1.83 bits per heavy atom. The van der Waals surface area contributed by atoms with Gasteiger partial charge in [0.15, 0.2) is 4.90 Å². The van der Waals surface area contributed by atoms with Crippen molar-refractivity contribution in [3.8, 4) is 0 Å². The van der Waals surface area contributed by atoms with E-state index >= 15 is 0 Å². The monoisotopic (exact) mass is 346 g/mol. The fourth-order valence-electron chi connectivity index (χ4n) is 1.88. The first-order chi connectivity index (χ1) is 10.7.